The number of rotatable bonds is 3. The monoisotopic (exact) mass is 250 g/mol. The van der Waals surface area contributed by atoms with Crippen molar-refractivity contribution in [1.29, 1.82) is 0 Å². The summed E-state index contributed by atoms with van der Waals surface area (Å²) in [6, 6.07) is 2.52. The van der Waals surface area contributed by atoms with E-state index in [1.807, 2.05) is 0 Å². The van der Waals surface area contributed by atoms with Gasteiger partial charge in [-0.1, -0.05) is 0 Å². The van der Waals surface area contributed by atoms with Crippen molar-refractivity contribution in [3.05, 3.63) is 18.3 Å². The van der Waals surface area contributed by atoms with Crippen LogP contribution < -0.4 is 16.4 Å². The van der Waals surface area contributed by atoms with E-state index in [1.165, 1.54) is 12.3 Å². The summed E-state index contributed by atoms with van der Waals surface area (Å²) in [5, 5.41) is 14.9. The van der Waals surface area contributed by atoms with Crippen LogP contribution in [-0.2, 0) is 9.59 Å². The normalized spacial score (nSPS) is 22.7. The molecule has 7 nitrogen and oxygen atoms in total. The molecule has 2 heterocycles. The van der Waals surface area contributed by atoms with Crippen molar-refractivity contribution in [2.45, 2.75) is 12.5 Å². The molecule has 5 N–H and O–H groups in total. The van der Waals surface area contributed by atoms with Crippen molar-refractivity contribution in [3.63, 3.8) is 0 Å². The molecule has 0 aliphatic carbocycles. The van der Waals surface area contributed by atoms with Crippen molar-refractivity contribution < 1.29 is 14.7 Å². The molecule has 2 amide bonds. The summed E-state index contributed by atoms with van der Waals surface area (Å²) >= 11 is 0. The lowest BCUT2D eigenvalue weighted by molar-refractivity contribution is -0.120. The van der Waals surface area contributed by atoms with Crippen molar-refractivity contribution in [3.8, 4) is 5.75 Å². The Morgan fingerprint density at radius 3 is 2.94 bits per heavy atom. The summed E-state index contributed by atoms with van der Waals surface area (Å²) < 4.78 is 0. The van der Waals surface area contributed by atoms with Gasteiger partial charge >= 0.3 is 0 Å². The van der Waals surface area contributed by atoms with Crippen LogP contribution in [0.1, 0.15) is 6.42 Å². The van der Waals surface area contributed by atoms with E-state index in [0.29, 0.717) is 13.0 Å². The molecular formula is C11H14N4O3. The van der Waals surface area contributed by atoms with Crippen molar-refractivity contribution >= 4 is 17.6 Å². The predicted octanol–water partition coefficient (Wildman–Crippen LogP) is -0.811. The fourth-order valence-corrected chi connectivity index (χ4v) is 1.86. The van der Waals surface area contributed by atoms with Crippen LogP contribution in [0.25, 0.3) is 0 Å². The van der Waals surface area contributed by atoms with Gasteiger partial charge in [-0.3, -0.25) is 9.59 Å². The van der Waals surface area contributed by atoms with Gasteiger partial charge in [0.15, 0.2) is 11.6 Å². The lowest BCUT2D eigenvalue weighted by Crippen LogP contribution is -2.36. The minimum absolute atomic E-state index is 0.0942. The molecule has 1 aliphatic rings. The Balaban J connectivity index is 1.98. The summed E-state index contributed by atoms with van der Waals surface area (Å²) in [4.78, 5) is 26.7. The maximum atomic E-state index is 11.9. The maximum Gasteiger partial charge on any atom is 0.234 e. The minimum atomic E-state index is -0.474. The van der Waals surface area contributed by atoms with Gasteiger partial charge in [0.1, 0.15) is 0 Å². The molecule has 2 rings (SSSR count). The van der Waals surface area contributed by atoms with Gasteiger partial charge in [-0.25, -0.2) is 4.98 Å². The summed E-state index contributed by atoms with van der Waals surface area (Å²) in [7, 11) is 0. The first-order valence-electron chi connectivity index (χ1n) is 5.55. The third-order valence-electron chi connectivity index (χ3n) is 2.87. The highest BCUT2D eigenvalue weighted by Crippen LogP contribution is 2.21. The van der Waals surface area contributed by atoms with Crippen LogP contribution in [0.4, 0.5) is 5.82 Å². The van der Waals surface area contributed by atoms with E-state index in [4.69, 9.17) is 5.73 Å². The van der Waals surface area contributed by atoms with Gasteiger partial charge < -0.3 is 21.5 Å². The third kappa shape index (κ3) is 2.57. The summed E-state index contributed by atoms with van der Waals surface area (Å²) in [6.07, 6.45) is 1.82. The highest BCUT2D eigenvalue weighted by Gasteiger charge is 2.32. The molecule has 0 aromatic carbocycles. The lowest BCUT2D eigenvalue weighted by Gasteiger charge is -2.10. The standard InChI is InChI=1S/C11H14N4O3/c12-9(17)7-4-6(5-14-7)11(18)15-10-8(16)2-1-3-13-10/h1-3,6-7,14,16H,4-5H2,(H2,12,17)(H,13,15,18). The van der Waals surface area contributed by atoms with Gasteiger partial charge in [0.05, 0.1) is 12.0 Å². The molecule has 0 bridgehead atoms. The highest BCUT2D eigenvalue weighted by molar-refractivity contribution is 5.94. The molecule has 2 atom stereocenters. The molecule has 1 fully saturated rings. The Labute approximate surface area is 103 Å². The van der Waals surface area contributed by atoms with Crippen LogP contribution in [0.15, 0.2) is 18.3 Å². The first kappa shape index (κ1) is 12.3. The zero-order chi connectivity index (χ0) is 13.1. The van der Waals surface area contributed by atoms with Gasteiger partial charge in [-0.2, -0.15) is 0 Å². The SMILES string of the molecule is NC(=O)C1CC(C(=O)Nc2ncccc2O)CN1. The molecular weight excluding hydrogens is 236 g/mol. The van der Waals surface area contributed by atoms with Crippen LogP contribution in [0.5, 0.6) is 5.75 Å². The number of nitrogens with one attached hydrogen (secondary N) is 2. The molecule has 0 spiro atoms. The number of aromatic hydroxyl groups is 1. The van der Waals surface area contributed by atoms with Gasteiger partial charge in [0.25, 0.3) is 0 Å². The zero-order valence-corrected chi connectivity index (χ0v) is 9.59. The van der Waals surface area contributed by atoms with E-state index in [0.717, 1.165) is 0 Å². The Bertz CT molecular complexity index is 477. The topological polar surface area (TPSA) is 117 Å². The van der Waals surface area contributed by atoms with Gasteiger partial charge in [0, 0.05) is 12.7 Å². The largest absolute Gasteiger partial charge is 0.504 e. The molecule has 1 saturated heterocycles. The predicted molar refractivity (Wildman–Crippen MR) is 63.6 cm³/mol. The van der Waals surface area contributed by atoms with Crippen LogP contribution in [0, 0.1) is 5.92 Å². The average Bonchev–Trinajstić information content (AvgIpc) is 2.81. The average molecular weight is 250 g/mol. The van der Waals surface area contributed by atoms with Crippen LogP contribution in [0.3, 0.4) is 0 Å². The molecule has 0 radical (unpaired) electrons. The molecule has 96 valence electrons. The Morgan fingerprint density at radius 2 is 2.33 bits per heavy atom. The number of hydrogen-bond donors (Lipinski definition) is 4. The van der Waals surface area contributed by atoms with Crippen LogP contribution in [0.2, 0.25) is 0 Å². The fraction of sp³-hybridized carbons (Fsp3) is 0.364. The number of carbonyl (C=O) groups is 2. The van der Waals surface area contributed by atoms with Crippen LogP contribution >= 0.6 is 0 Å². The molecule has 1 aromatic heterocycles. The highest BCUT2D eigenvalue weighted by atomic mass is 16.3. The molecule has 1 aliphatic heterocycles. The third-order valence-corrected chi connectivity index (χ3v) is 2.87. The fourth-order valence-electron chi connectivity index (χ4n) is 1.86. The van der Waals surface area contributed by atoms with E-state index in [9.17, 15) is 14.7 Å². The molecule has 2 unspecified atom stereocenters. The van der Waals surface area contributed by atoms with Gasteiger partial charge in [0.2, 0.25) is 11.8 Å². The number of pyridine rings is 1. The Morgan fingerprint density at radius 1 is 1.56 bits per heavy atom. The van der Waals surface area contributed by atoms with E-state index >= 15 is 0 Å². The van der Waals surface area contributed by atoms with Crippen molar-refractivity contribution in [1.82, 2.24) is 10.3 Å². The van der Waals surface area contributed by atoms with Crippen molar-refractivity contribution in [2.24, 2.45) is 11.7 Å². The number of aromatic nitrogens is 1. The number of amides is 2. The second-order valence-corrected chi connectivity index (χ2v) is 4.16. The van der Waals surface area contributed by atoms with E-state index in [2.05, 4.69) is 15.6 Å². The quantitative estimate of drug-likeness (QED) is 0.559. The summed E-state index contributed by atoms with van der Waals surface area (Å²) in [6.45, 7) is 0.382. The second kappa shape index (κ2) is 5.01. The summed E-state index contributed by atoms with van der Waals surface area (Å²) in [5.74, 6) is -1.09. The first-order chi connectivity index (χ1) is 8.58. The molecule has 7 heteroatoms. The molecule has 0 saturated carbocycles. The number of nitrogens with two attached hydrogens (primary N) is 1. The smallest absolute Gasteiger partial charge is 0.234 e. The van der Waals surface area contributed by atoms with E-state index in [1.54, 1.807) is 6.07 Å². The van der Waals surface area contributed by atoms with E-state index < -0.39 is 11.9 Å². The molecule has 1 aromatic rings. The number of primary amides is 1. The number of anilines is 1. The minimum Gasteiger partial charge on any atom is -0.504 e. The van der Waals surface area contributed by atoms with E-state index in [-0.39, 0.29) is 23.4 Å². The summed E-state index contributed by atoms with van der Waals surface area (Å²) in [5.41, 5.74) is 5.15. The zero-order valence-electron chi connectivity index (χ0n) is 9.59. The Kier molecular flexibility index (Phi) is 3.42. The number of nitrogens with zero attached hydrogens (tertiary/aromatic N) is 1. The van der Waals surface area contributed by atoms with Crippen LogP contribution in [-0.4, -0.2) is 34.5 Å². The molecule has 18 heavy (non-hydrogen) atoms. The first-order valence-corrected chi connectivity index (χ1v) is 5.55. The van der Waals surface area contributed by atoms with Gasteiger partial charge in [-0.15, -0.1) is 0 Å². The number of carbonyl (C=O) groups excluding carboxylic acids is 2. The second-order valence-electron chi connectivity index (χ2n) is 4.16. The number of hydrogen-bond acceptors (Lipinski definition) is 5. The van der Waals surface area contributed by atoms with Gasteiger partial charge in [-0.05, 0) is 18.6 Å². The lowest BCUT2D eigenvalue weighted by atomic mass is 10.0. The Hall–Kier alpha value is -2.15. The maximum absolute atomic E-state index is 11.9. The van der Waals surface area contributed by atoms with Crippen molar-refractivity contribution in [2.75, 3.05) is 11.9 Å².